The number of halogens is 1. The average Bonchev–Trinajstić information content (AvgIpc) is 2.34. The molecule has 1 heterocycles. The number of aryl methyl sites for hydroxylation is 1. The van der Waals surface area contributed by atoms with Crippen molar-refractivity contribution in [3.05, 3.63) is 23.0 Å². The number of carbonyl (C=O) groups excluding carboxylic acids is 1. The summed E-state index contributed by atoms with van der Waals surface area (Å²) in [5.74, 6) is -0.0482. The molecule has 0 aliphatic heterocycles. The van der Waals surface area contributed by atoms with Gasteiger partial charge in [-0.3, -0.25) is 4.79 Å². The zero-order chi connectivity index (χ0) is 13.9. The number of hydrogen-bond acceptors (Lipinski definition) is 3. The van der Waals surface area contributed by atoms with Crippen molar-refractivity contribution < 1.29 is 4.79 Å². The third kappa shape index (κ3) is 3.91. The summed E-state index contributed by atoms with van der Waals surface area (Å²) in [6, 6.07) is 1.82. The highest BCUT2D eigenvalue weighted by molar-refractivity contribution is 6.30. The summed E-state index contributed by atoms with van der Waals surface area (Å²) in [6.45, 7) is 1.86. The highest BCUT2D eigenvalue weighted by Crippen LogP contribution is 2.29. The van der Waals surface area contributed by atoms with Crippen LogP contribution in [0, 0.1) is 6.92 Å². The van der Waals surface area contributed by atoms with Gasteiger partial charge in [0.25, 0.3) is 0 Å². The van der Waals surface area contributed by atoms with E-state index >= 15 is 0 Å². The maximum Gasteiger partial charge on any atom is 0.226 e. The Hall–Kier alpha value is -1.13. The number of nitrogens with one attached hydrogen (secondary N) is 1. The molecule has 0 saturated heterocycles. The van der Waals surface area contributed by atoms with Gasteiger partial charge in [-0.2, -0.15) is 0 Å². The van der Waals surface area contributed by atoms with Crippen LogP contribution in [-0.4, -0.2) is 16.4 Å². The number of rotatable bonds is 3. The summed E-state index contributed by atoms with van der Waals surface area (Å²) < 4.78 is 0. The zero-order valence-electron chi connectivity index (χ0n) is 11.2. The van der Waals surface area contributed by atoms with Crippen LogP contribution in [0.1, 0.15) is 44.1 Å². The summed E-state index contributed by atoms with van der Waals surface area (Å²) in [5, 5.41) is 3.30. The lowest BCUT2D eigenvalue weighted by molar-refractivity contribution is -0.117. The molecule has 2 rings (SSSR count). The predicted octanol–water partition coefficient (Wildman–Crippen LogP) is 3.03. The number of aromatic nitrogens is 1. The van der Waals surface area contributed by atoms with Crippen molar-refractivity contribution in [2.45, 2.75) is 51.0 Å². The van der Waals surface area contributed by atoms with Gasteiger partial charge in [-0.15, -0.1) is 0 Å². The van der Waals surface area contributed by atoms with Gasteiger partial charge in [0.2, 0.25) is 5.91 Å². The number of nitrogens with two attached hydrogens (primary N) is 1. The smallest absolute Gasteiger partial charge is 0.226 e. The Bertz CT molecular complexity index is 470. The molecule has 1 aliphatic carbocycles. The average molecular weight is 282 g/mol. The maximum atomic E-state index is 12.0. The topological polar surface area (TPSA) is 68.0 Å². The number of amides is 1. The number of pyridine rings is 1. The van der Waals surface area contributed by atoms with Gasteiger partial charge < -0.3 is 11.1 Å². The second kappa shape index (κ2) is 5.88. The Morgan fingerprint density at radius 3 is 2.79 bits per heavy atom. The molecule has 1 fully saturated rings. The molecule has 3 N–H and O–H groups in total. The van der Waals surface area contributed by atoms with Gasteiger partial charge in [-0.25, -0.2) is 4.98 Å². The molecule has 19 heavy (non-hydrogen) atoms. The fraction of sp³-hybridized carbons (Fsp3) is 0.571. The van der Waals surface area contributed by atoms with Crippen LogP contribution in [0.4, 0.5) is 5.69 Å². The van der Waals surface area contributed by atoms with E-state index in [0.29, 0.717) is 17.3 Å². The van der Waals surface area contributed by atoms with E-state index < -0.39 is 0 Å². The van der Waals surface area contributed by atoms with Crippen molar-refractivity contribution in [3.8, 4) is 0 Å². The molecule has 1 amide bonds. The van der Waals surface area contributed by atoms with Crippen molar-refractivity contribution in [1.29, 1.82) is 0 Å². The standard InChI is InChI=1S/C14H20ClN3O/c1-10-7-11(9-17-13(10)15)18-12(19)8-14(16)5-3-2-4-6-14/h7,9H,2-6,8,16H2,1H3,(H,18,19). The number of anilines is 1. The van der Waals surface area contributed by atoms with E-state index in [2.05, 4.69) is 10.3 Å². The molecule has 0 unspecified atom stereocenters. The van der Waals surface area contributed by atoms with Crippen LogP contribution in [0.5, 0.6) is 0 Å². The van der Waals surface area contributed by atoms with Gasteiger partial charge in [-0.1, -0.05) is 30.9 Å². The Morgan fingerprint density at radius 2 is 2.16 bits per heavy atom. The minimum Gasteiger partial charge on any atom is -0.325 e. The number of carbonyl (C=O) groups is 1. The Balaban J connectivity index is 1.95. The van der Waals surface area contributed by atoms with Gasteiger partial charge in [0.1, 0.15) is 5.15 Å². The number of nitrogens with zero attached hydrogens (tertiary/aromatic N) is 1. The first kappa shape index (κ1) is 14.3. The lowest BCUT2D eigenvalue weighted by Crippen LogP contribution is -2.44. The van der Waals surface area contributed by atoms with E-state index in [-0.39, 0.29) is 11.4 Å². The summed E-state index contributed by atoms with van der Waals surface area (Å²) in [4.78, 5) is 16.0. The zero-order valence-corrected chi connectivity index (χ0v) is 12.0. The summed E-state index contributed by atoms with van der Waals surface area (Å²) in [7, 11) is 0. The van der Waals surface area contributed by atoms with Gasteiger partial charge in [0.15, 0.2) is 0 Å². The van der Waals surface area contributed by atoms with Crippen molar-refractivity contribution in [2.75, 3.05) is 5.32 Å². The van der Waals surface area contributed by atoms with Crippen molar-refractivity contribution in [2.24, 2.45) is 5.73 Å². The first-order valence-corrected chi connectivity index (χ1v) is 7.07. The van der Waals surface area contributed by atoms with Crippen molar-refractivity contribution >= 4 is 23.2 Å². The van der Waals surface area contributed by atoms with Gasteiger partial charge in [-0.05, 0) is 31.4 Å². The molecule has 0 radical (unpaired) electrons. The molecule has 4 nitrogen and oxygen atoms in total. The van der Waals surface area contributed by atoms with Crippen LogP contribution in [0.25, 0.3) is 0 Å². The largest absolute Gasteiger partial charge is 0.325 e. The summed E-state index contributed by atoms with van der Waals surface area (Å²) in [5.41, 5.74) is 7.45. The first-order valence-electron chi connectivity index (χ1n) is 6.69. The lowest BCUT2D eigenvalue weighted by atomic mass is 9.80. The van der Waals surface area contributed by atoms with E-state index in [1.54, 1.807) is 6.20 Å². The van der Waals surface area contributed by atoms with Crippen LogP contribution in [0.3, 0.4) is 0 Å². The molecule has 0 bridgehead atoms. The molecule has 1 aliphatic rings. The molecule has 5 heteroatoms. The van der Waals surface area contributed by atoms with Crippen molar-refractivity contribution in [3.63, 3.8) is 0 Å². The maximum absolute atomic E-state index is 12.0. The predicted molar refractivity (Wildman–Crippen MR) is 77.2 cm³/mol. The Morgan fingerprint density at radius 1 is 1.47 bits per heavy atom. The van der Waals surface area contributed by atoms with E-state index in [0.717, 1.165) is 31.2 Å². The van der Waals surface area contributed by atoms with E-state index in [1.807, 2.05) is 13.0 Å². The van der Waals surface area contributed by atoms with E-state index in [1.165, 1.54) is 6.42 Å². The minimum absolute atomic E-state index is 0.0482. The van der Waals surface area contributed by atoms with Gasteiger partial charge in [0, 0.05) is 12.0 Å². The normalized spacial score (nSPS) is 18.1. The SMILES string of the molecule is Cc1cc(NC(=O)CC2(N)CCCCC2)cnc1Cl. The molecule has 0 aromatic carbocycles. The third-order valence-electron chi connectivity index (χ3n) is 3.66. The summed E-state index contributed by atoms with van der Waals surface area (Å²) >= 11 is 5.85. The van der Waals surface area contributed by atoms with Crippen LogP contribution in [0.15, 0.2) is 12.3 Å². The monoisotopic (exact) mass is 281 g/mol. The molecular weight excluding hydrogens is 262 g/mol. The Labute approximate surface area is 118 Å². The van der Waals surface area contributed by atoms with Gasteiger partial charge in [0.05, 0.1) is 11.9 Å². The second-order valence-electron chi connectivity index (χ2n) is 5.48. The molecule has 104 valence electrons. The van der Waals surface area contributed by atoms with Crippen molar-refractivity contribution in [1.82, 2.24) is 4.98 Å². The van der Waals surface area contributed by atoms with Crippen LogP contribution in [-0.2, 0) is 4.79 Å². The first-order chi connectivity index (χ1) is 8.98. The quantitative estimate of drug-likeness (QED) is 0.837. The highest BCUT2D eigenvalue weighted by atomic mass is 35.5. The third-order valence-corrected chi connectivity index (χ3v) is 4.06. The second-order valence-corrected chi connectivity index (χ2v) is 5.84. The Kier molecular flexibility index (Phi) is 4.42. The van der Waals surface area contributed by atoms with Crippen LogP contribution >= 0.6 is 11.6 Å². The van der Waals surface area contributed by atoms with Crippen LogP contribution < -0.4 is 11.1 Å². The number of hydrogen-bond donors (Lipinski definition) is 2. The summed E-state index contributed by atoms with van der Waals surface area (Å²) in [6.07, 6.45) is 7.25. The highest BCUT2D eigenvalue weighted by Gasteiger charge is 2.29. The molecule has 1 aromatic heterocycles. The molecule has 0 atom stereocenters. The van der Waals surface area contributed by atoms with Crippen LogP contribution in [0.2, 0.25) is 5.15 Å². The fourth-order valence-corrected chi connectivity index (χ4v) is 2.69. The van der Waals surface area contributed by atoms with E-state index in [9.17, 15) is 4.79 Å². The van der Waals surface area contributed by atoms with Gasteiger partial charge >= 0.3 is 0 Å². The van der Waals surface area contributed by atoms with E-state index in [4.69, 9.17) is 17.3 Å². The fourth-order valence-electron chi connectivity index (χ4n) is 2.58. The molecular formula is C14H20ClN3O. The molecule has 1 aromatic rings. The lowest BCUT2D eigenvalue weighted by Gasteiger charge is -2.32. The molecule has 1 saturated carbocycles. The minimum atomic E-state index is -0.336. The molecule has 0 spiro atoms.